The van der Waals surface area contributed by atoms with Crippen molar-refractivity contribution in [2.75, 3.05) is 13.1 Å². The zero-order valence-corrected chi connectivity index (χ0v) is 9.12. The Hall–Kier alpha value is -1.10. The molecule has 0 bridgehead atoms. The summed E-state index contributed by atoms with van der Waals surface area (Å²) in [6.07, 6.45) is 0.865. The quantitative estimate of drug-likeness (QED) is 0.628. The molecule has 0 aliphatic carbocycles. The number of carbonyl (C=O) groups is 2. The van der Waals surface area contributed by atoms with Gasteiger partial charge in [-0.1, -0.05) is 13.8 Å². The van der Waals surface area contributed by atoms with Gasteiger partial charge in [0.05, 0.1) is 6.04 Å². The Labute approximate surface area is 89.2 Å². The Balaban J connectivity index is 2.12. The largest absolute Gasteiger partial charge is 0.326 e. The van der Waals surface area contributed by atoms with Crippen molar-refractivity contribution in [3.63, 3.8) is 0 Å². The third-order valence-electron chi connectivity index (χ3n) is 3.07. The van der Waals surface area contributed by atoms with Crippen molar-refractivity contribution in [3.05, 3.63) is 0 Å². The summed E-state index contributed by atoms with van der Waals surface area (Å²) in [5.41, 5.74) is 0. The molecule has 2 rings (SSSR count). The van der Waals surface area contributed by atoms with Gasteiger partial charge >= 0.3 is 6.03 Å². The Kier molecular flexibility index (Phi) is 2.65. The number of nitrogens with one attached hydrogen (secondary N) is 2. The lowest BCUT2D eigenvalue weighted by Crippen LogP contribution is -2.42. The number of nitrogens with zero attached hydrogens (tertiary/aromatic N) is 1. The molecule has 2 N–H and O–H groups in total. The van der Waals surface area contributed by atoms with E-state index in [2.05, 4.69) is 10.6 Å². The fourth-order valence-corrected chi connectivity index (χ4v) is 2.17. The van der Waals surface area contributed by atoms with Gasteiger partial charge in [-0.2, -0.15) is 0 Å². The highest BCUT2D eigenvalue weighted by Crippen LogP contribution is 2.19. The Bertz CT molecular complexity index is 284. The molecule has 0 aromatic carbocycles. The van der Waals surface area contributed by atoms with Crippen LogP contribution < -0.4 is 10.6 Å². The number of hydrogen-bond acceptors (Lipinski definition) is 3. The molecule has 2 saturated heterocycles. The maximum Gasteiger partial charge on any atom is 0.325 e. The number of hydrogen-bond donors (Lipinski definition) is 2. The Morgan fingerprint density at radius 2 is 2.13 bits per heavy atom. The van der Waals surface area contributed by atoms with Crippen LogP contribution >= 0.6 is 0 Å². The van der Waals surface area contributed by atoms with Gasteiger partial charge in [0, 0.05) is 6.54 Å². The van der Waals surface area contributed by atoms with Gasteiger partial charge in [-0.15, -0.1) is 0 Å². The first kappa shape index (κ1) is 10.4. The van der Waals surface area contributed by atoms with Gasteiger partial charge in [-0.25, -0.2) is 4.79 Å². The molecule has 0 spiro atoms. The second-order valence-corrected chi connectivity index (χ2v) is 4.53. The fourth-order valence-electron chi connectivity index (χ4n) is 2.17. The van der Waals surface area contributed by atoms with E-state index in [1.807, 2.05) is 13.8 Å². The summed E-state index contributed by atoms with van der Waals surface area (Å²) < 4.78 is 0. The van der Waals surface area contributed by atoms with E-state index in [4.69, 9.17) is 0 Å². The molecule has 0 radical (unpaired) electrons. The van der Waals surface area contributed by atoms with E-state index in [0.717, 1.165) is 19.5 Å². The number of imide groups is 1. The summed E-state index contributed by atoms with van der Waals surface area (Å²) in [6, 6.07) is -0.522. The summed E-state index contributed by atoms with van der Waals surface area (Å²) in [5, 5.41) is 5.90. The van der Waals surface area contributed by atoms with Gasteiger partial charge in [-0.05, 0) is 18.9 Å². The van der Waals surface area contributed by atoms with Crippen LogP contribution in [0.4, 0.5) is 4.79 Å². The normalized spacial score (nSPS) is 31.5. The molecule has 5 heteroatoms. The minimum atomic E-state index is -0.335. The second-order valence-electron chi connectivity index (χ2n) is 4.53. The maximum atomic E-state index is 12.0. The van der Waals surface area contributed by atoms with E-state index in [1.165, 1.54) is 4.90 Å². The lowest BCUT2D eigenvalue weighted by atomic mass is 10.0. The van der Waals surface area contributed by atoms with Crippen molar-refractivity contribution < 1.29 is 9.59 Å². The Morgan fingerprint density at radius 1 is 1.40 bits per heavy atom. The highest BCUT2D eigenvalue weighted by Gasteiger charge is 2.43. The molecule has 84 valence electrons. The standard InChI is InChI=1S/C10H17N3O2/c1-6(2)8-9(14)13(10(15)12-8)7-3-4-11-5-7/h6-8,11H,3-5H2,1-2H3,(H,12,15). The topological polar surface area (TPSA) is 61.4 Å². The summed E-state index contributed by atoms with van der Waals surface area (Å²) in [6.45, 7) is 5.50. The zero-order valence-electron chi connectivity index (χ0n) is 9.12. The fraction of sp³-hybridized carbons (Fsp3) is 0.800. The highest BCUT2D eigenvalue weighted by molar-refractivity contribution is 6.04. The van der Waals surface area contributed by atoms with E-state index in [9.17, 15) is 9.59 Å². The van der Waals surface area contributed by atoms with Crippen molar-refractivity contribution in [2.45, 2.75) is 32.4 Å². The molecular weight excluding hydrogens is 194 g/mol. The molecule has 5 nitrogen and oxygen atoms in total. The molecule has 2 aliphatic heterocycles. The lowest BCUT2D eigenvalue weighted by molar-refractivity contribution is -0.129. The third kappa shape index (κ3) is 1.71. The first-order chi connectivity index (χ1) is 7.11. The SMILES string of the molecule is CC(C)C1NC(=O)N(C2CCNC2)C1=O. The predicted octanol–water partition coefficient (Wildman–Crippen LogP) is -0.0753. The monoisotopic (exact) mass is 211 g/mol. The maximum absolute atomic E-state index is 12.0. The number of amides is 3. The van der Waals surface area contributed by atoms with Gasteiger partial charge in [0.15, 0.2) is 0 Å². The van der Waals surface area contributed by atoms with Crippen LogP contribution in [-0.2, 0) is 4.79 Å². The van der Waals surface area contributed by atoms with E-state index in [-0.39, 0.29) is 29.9 Å². The molecule has 2 heterocycles. The first-order valence-corrected chi connectivity index (χ1v) is 5.45. The number of rotatable bonds is 2. The lowest BCUT2D eigenvalue weighted by Gasteiger charge is -2.20. The van der Waals surface area contributed by atoms with Crippen molar-refractivity contribution in [2.24, 2.45) is 5.92 Å². The molecule has 0 aromatic rings. The van der Waals surface area contributed by atoms with E-state index in [0.29, 0.717) is 0 Å². The van der Waals surface area contributed by atoms with Gasteiger partial charge in [0.25, 0.3) is 5.91 Å². The zero-order chi connectivity index (χ0) is 11.0. The summed E-state index contributed by atoms with van der Waals surface area (Å²) in [5.74, 6) is 0.0875. The van der Waals surface area contributed by atoms with Crippen LogP contribution in [0.1, 0.15) is 20.3 Å². The average molecular weight is 211 g/mol. The van der Waals surface area contributed by atoms with E-state index < -0.39 is 0 Å². The van der Waals surface area contributed by atoms with Crippen LogP contribution in [0, 0.1) is 5.92 Å². The number of carbonyl (C=O) groups excluding carboxylic acids is 2. The summed E-state index contributed by atoms with van der Waals surface area (Å²) in [7, 11) is 0. The third-order valence-corrected chi connectivity index (χ3v) is 3.07. The highest BCUT2D eigenvalue weighted by atomic mass is 16.2. The van der Waals surface area contributed by atoms with E-state index >= 15 is 0 Å². The molecule has 2 aliphatic rings. The smallest absolute Gasteiger partial charge is 0.325 e. The molecule has 15 heavy (non-hydrogen) atoms. The van der Waals surface area contributed by atoms with Crippen molar-refractivity contribution in [1.82, 2.24) is 15.5 Å². The van der Waals surface area contributed by atoms with Crippen molar-refractivity contribution in [1.29, 1.82) is 0 Å². The molecule has 2 fully saturated rings. The van der Waals surface area contributed by atoms with E-state index in [1.54, 1.807) is 0 Å². The van der Waals surface area contributed by atoms with Gasteiger partial charge in [0.1, 0.15) is 6.04 Å². The van der Waals surface area contributed by atoms with Crippen molar-refractivity contribution >= 4 is 11.9 Å². The van der Waals surface area contributed by atoms with Gasteiger partial charge in [0.2, 0.25) is 0 Å². The molecular formula is C10H17N3O2. The van der Waals surface area contributed by atoms with Crippen molar-refractivity contribution in [3.8, 4) is 0 Å². The van der Waals surface area contributed by atoms with Gasteiger partial charge in [-0.3, -0.25) is 9.69 Å². The predicted molar refractivity (Wildman–Crippen MR) is 55.3 cm³/mol. The minimum Gasteiger partial charge on any atom is -0.326 e. The van der Waals surface area contributed by atoms with Crippen LogP contribution in [0.25, 0.3) is 0 Å². The average Bonchev–Trinajstić information content (AvgIpc) is 2.73. The minimum absolute atomic E-state index is 0.0428. The van der Waals surface area contributed by atoms with Crippen LogP contribution in [0.2, 0.25) is 0 Å². The molecule has 0 aromatic heterocycles. The second kappa shape index (κ2) is 3.81. The van der Waals surface area contributed by atoms with Gasteiger partial charge < -0.3 is 10.6 Å². The number of urea groups is 1. The first-order valence-electron chi connectivity index (χ1n) is 5.45. The van der Waals surface area contributed by atoms with Crippen LogP contribution in [0.3, 0.4) is 0 Å². The molecule has 2 unspecified atom stereocenters. The molecule has 0 saturated carbocycles. The van der Waals surface area contributed by atoms with Crippen LogP contribution in [-0.4, -0.2) is 42.0 Å². The molecule has 3 amide bonds. The molecule has 2 atom stereocenters. The summed E-state index contributed by atoms with van der Waals surface area (Å²) in [4.78, 5) is 25.0. The Morgan fingerprint density at radius 3 is 2.60 bits per heavy atom. The van der Waals surface area contributed by atoms with Crippen LogP contribution in [0.5, 0.6) is 0 Å². The van der Waals surface area contributed by atoms with Crippen LogP contribution in [0.15, 0.2) is 0 Å². The summed E-state index contributed by atoms with van der Waals surface area (Å²) >= 11 is 0.